The molecule has 2 aromatic rings. The SMILES string of the molecule is COc1c[c]nc(-c2ccc(Cl)cc2)n1. The molecule has 0 amide bonds. The van der Waals surface area contributed by atoms with Crippen LogP contribution in [-0.4, -0.2) is 17.1 Å². The Kier molecular flexibility index (Phi) is 2.83. The fourth-order valence-electron chi connectivity index (χ4n) is 1.14. The first-order valence-corrected chi connectivity index (χ1v) is 4.72. The highest BCUT2D eigenvalue weighted by molar-refractivity contribution is 6.30. The van der Waals surface area contributed by atoms with E-state index < -0.39 is 0 Å². The van der Waals surface area contributed by atoms with E-state index in [1.807, 2.05) is 12.1 Å². The fourth-order valence-corrected chi connectivity index (χ4v) is 1.27. The Morgan fingerprint density at radius 3 is 2.67 bits per heavy atom. The number of methoxy groups -OCH3 is 1. The van der Waals surface area contributed by atoms with Gasteiger partial charge in [-0.3, -0.25) is 0 Å². The molecule has 0 fully saturated rings. The third kappa shape index (κ3) is 2.25. The molecule has 0 unspecified atom stereocenters. The molecule has 0 saturated heterocycles. The van der Waals surface area contributed by atoms with E-state index >= 15 is 0 Å². The van der Waals surface area contributed by atoms with Crippen molar-refractivity contribution in [3.05, 3.63) is 41.6 Å². The van der Waals surface area contributed by atoms with Gasteiger partial charge in [0.05, 0.1) is 13.3 Å². The van der Waals surface area contributed by atoms with Crippen LogP contribution in [0.5, 0.6) is 5.88 Å². The molecule has 15 heavy (non-hydrogen) atoms. The Hall–Kier alpha value is -1.61. The lowest BCUT2D eigenvalue weighted by Crippen LogP contribution is -1.92. The molecule has 4 heteroatoms. The van der Waals surface area contributed by atoms with Crippen LogP contribution in [0.15, 0.2) is 30.3 Å². The number of rotatable bonds is 2. The summed E-state index contributed by atoms with van der Waals surface area (Å²) in [6.07, 6.45) is 2.72. The van der Waals surface area contributed by atoms with E-state index in [1.165, 1.54) is 0 Å². The third-order valence-electron chi connectivity index (χ3n) is 1.89. The molecule has 1 heterocycles. The van der Waals surface area contributed by atoms with Crippen molar-refractivity contribution in [1.29, 1.82) is 0 Å². The van der Waals surface area contributed by atoms with Crippen molar-refractivity contribution in [2.24, 2.45) is 0 Å². The van der Waals surface area contributed by atoms with Crippen molar-refractivity contribution < 1.29 is 4.74 Å². The van der Waals surface area contributed by atoms with E-state index in [9.17, 15) is 0 Å². The van der Waals surface area contributed by atoms with Gasteiger partial charge in [0, 0.05) is 16.7 Å². The number of ether oxygens (including phenoxy) is 1. The van der Waals surface area contributed by atoms with Crippen molar-refractivity contribution in [2.75, 3.05) is 7.11 Å². The molecule has 0 spiro atoms. The molecule has 0 aliphatic carbocycles. The molecule has 0 aliphatic heterocycles. The Morgan fingerprint density at radius 1 is 1.27 bits per heavy atom. The van der Waals surface area contributed by atoms with E-state index in [0.717, 1.165) is 5.56 Å². The number of hydrogen-bond acceptors (Lipinski definition) is 3. The lowest BCUT2D eigenvalue weighted by Gasteiger charge is -2.01. The first-order chi connectivity index (χ1) is 7.29. The van der Waals surface area contributed by atoms with Gasteiger partial charge < -0.3 is 4.74 Å². The van der Waals surface area contributed by atoms with Crippen molar-refractivity contribution in [3.8, 4) is 17.3 Å². The maximum absolute atomic E-state index is 5.78. The van der Waals surface area contributed by atoms with Crippen LogP contribution in [0, 0.1) is 6.20 Å². The lowest BCUT2D eigenvalue weighted by molar-refractivity contribution is 0.397. The van der Waals surface area contributed by atoms with Crippen LogP contribution in [0.4, 0.5) is 0 Å². The van der Waals surface area contributed by atoms with Crippen molar-refractivity contribution in [2.45, 2.75) is 0 Å². The van der Waals surface area contributed by atoms with Crippen LogP contribution in [-0.2, 0) is 0 Å². The predicted octanol–water partition coefficient (Wildman–Crippen LogP) is 2.61. The van der Waals surface area contributed by atoms with Crippen LogP contribution in [0.1, 0.15) is 0 Å². The highest BCUT2D eigenvalue weighted by atomic mass is 35.5. The zero-order chi connectivity index (χ0) is 10.7. The quantitative estimate of drug-likeness (QED) is 0.779. The molecule has 0 atom stereocenters. The summed E-state index contributed by atoms with van der Waals surface area (Å²) >= 11 is 5.78. The predicted molar refractivity (Wildman–Crippen MR) is 57.9 cm³/mol. The Labute approximate surface area is 92.7 Å². The van der Waals surface area contributed by atoms with Crippen LogP contribution < -0.4 is 4.74 Å². The highest BCUT2D eigenvalue weighted by Crippen LogP contribution is 2.19. The Morgan fingerprint density at radius 2 is 2.00 bits per heavy atom. The number of hydrogen-bond donors (Lipinski definition) is 0. The largest absolute Gasteiger partial charge is 0.481 e. The maximum atomic E-state index is 5.78. The smallest absolute Gasteiger partial charge is 0.217 e. The van der Waals surface area contributed by atoms with Crippen molar-refractivity contribution >= 4 is 11.6 Å². The van der Waals surface area contributed by atoms with E-state index in [1.54, 1.807) is 25.3 Å². The summed E-state index contributed by atoms with van der Waals surface area (Å²) in [6.45, 7) is 0. The molecule has 0 aliphatic rings. The van der Waals surface area contributed by atoms with Gasteiger partial charge in [-0.1, -0.05) is 11.6 Å². The second-order valence-electron chi connectivity index (χ2n) is 2.87. The van der Waals surface area contributed by atoms with Gasteiger partial charge in [0.25, 0.3) is 0 Å². The zero-order valence-corrected chi connectivity index (χ0v) is 8.82. The number of nitrogens with zero attached hydrogens (tertiary/aromatic N) is 2. The summed E-state index contributed by atoms with van der Waals surface area (Å²) in [7, 11) is 1.56. The summed E-state index contributed by atoms with van der Waals surface area (Å²) in [4.78, 5) is 8.21. The van der Waals surface area contributed by atoms with E-state index in [-0.39, 0.29) is 0 Å². The Bertz CT molecular complexity index is 456. The van der Waals surface area contributed by atoms with Gasteiger partial charge in [0.1, 0.15) is 0 Å². The molecule has 0 saturated carbocycles. The summed E-state index contributed by atoms with van der Waals surface area (Å²) in [5.74, 6) is 1.07. The van der Waals surface area contributed by atoms with E-state index in [4.69, 9.17) is 16.3 Å². The van der Waals surface area contributed by atoms with Crippen LogP contribution in [0.2, 0.25) is 5.02 Å². The number of aromatic nitrogens is 2. The topological polar surface area (TPSA) is 35.0 Å². The summed E-state index contributed by atoms with van der Waals surface area (Å²) in [6, 6.07) is 8.87. The molecule has 2 rings (SSSR count). The second-order valence-corrected chi connectivity index (χ2v) is 3.31. The third-order valence-corrected chi connectivity index (χ3v) is 2.14. The van der Waals surface area contributed by atoms with E-state index in [2.05, 4.69) is 16.2 Å². The van der Waals surface area contributed by atoms with Gasteiger partial charge in [-0.25, -0.2) is 4.98 Å². The molecular weight excluding hydrogens is 212 g/mol. The molecule has 1 radical (unpaired) electrons. The minimum Gasteiger partial charge on any atom is -0.481 e. The second kappa shape index (κ2) is 4.28. The van der Waals surface area contributed by atoms with Gasteiger partial charge in [-0.05, 0) is 24.3 Å². The normalized spacial score (nSPS) is 10.0. The average Bonchev–Trinajstić information content (AvgIpc) is 2.30. The molecule has 1 aromatic carbocycles. The highest BCUT2D eigenvalue weighted by Gasteiger charge is 2.02. The molecule has 75 valence electrons. The minimum absolute atomic E-state index is 0.495. The van der Waals surface area contributed by atoms with E-state index in [0.29, 0.717) is 16.7 Å². The monoisotopic (exact) mass is 219 g/mol. The van der Waals surface area contributed by atoms with Crippen LogP contribution in [0.25, 0.3) is 11.4 Å². The minimum atomic E-state index is 0.495. The van der Waals surface area contributed by atoms with Crippen LogP contribution >= 0.6 is 11.6 Å². The average molecular weight is 220 g/mol. The first-order valence-electron chi connectivity index (χ1n) is 4.34. The number of halogens is 1. The van der Waals surface area contributed by atoms with Crippen molar-refractivity contribution in [3.63, 3.8) is 0 Å². The molecule has 0 bridgehead atoms. The zero-order valence-electron chi connectivity index (χ0n) is 8.07. The first kappa shape index (κ1) is 9.93. The Balaban J connectivity index is 2.40. The maximum Gasteiger partial charge on any atom is 0.217 e. The summed E-state index contributed by atoms with van der Waals surface area (Å²) in [5, 5.41) is 0.686. The lowest BCUT2D eigenvalue weighted by atomic mass is 10.2. The summed E-state index contributed by atoms with van der Waals surface area (Å²) in [5.41, 5.74) is 0.884. The number of benzene rings is 1. The van der Waals surface area contributed by atoms with Gasteiger partial charge in [-0.2, -0.15) is 4.98 Å². The van der Waals surface area contributed by atoms with Crippen molar-refractivity contribution in [1.82, 2.24) is 9.97 Å². The molecule has 0 N–H and O–H groups in total. The van der Waals surface area contributed by atoms with Gasteiger partial charge in [0.15, 0.2) is 5.82 Å². The summed E-state index contributed by atoms with van der Waals surface area (Å²) < 4.78 is 4.99. The fraction of sp³-hybridized carbons (Fsp3) is 0.0909. The standard InChI is InChI=1S/C11H8ClN2O/c1-15-10-6-7-13-11(14-10)8-2-4-9(12)5-3-8/h2-6H,1H3. The molecule has 3 nitrogen and oxygen atoms in total. The van der Waals surface area contributed by atoms with Gasteiger partial charge in [0.2, 0.25) is 5.88 Å². The van der Waals surface area contributed by atoms with Gasteiger partial charge in [-0.15, -0.1) is 0 Å². The van der Waals surface area contributed by atoms with Crippen LogP contribution in [0.3, 0.4) is 0 Å². The molecule has 1 aromatic heterocycles. The molecular formula is C11H8ClN2O. The van der Waals surface area contributed by atoms with Gasteiger partial charge >= 0.3 is 0 Å².